The van der Waals surface area contributed by atoms with Crippen LogP contribution in [-0.4, -0.2) is 54.2 Å². The molecular formula is C21H30N2O5. The predicted octanol–water partition coefficient (Wildman–Crippen LogP) is 2.68. The molecule has 0 radical (unpaired) electrons. The number of rotatable bonds is 5. The van der Waals surface area contributed by atoms with Crippen LogP contribution in [0, 0.1) is 0 Å². The maximum atomic E-state index is 13.1. The summed E-state index contributed by atoms with van der Waals surface area (Å²) >= 11 is 0. The molecule has 0 aliphatic carbocycles. The van der Waals surface area contributed by atoms with Crippen molar-refractivity contribution in [2.24, 2.45) is 0 Å². The van der Waals surface area contributed by atoms with Gasteiger partial charge >= 0.3 is 12.1 Å². The van der Waals surface area contributed by atoms with Gasteiger partial charge in [0.25, 0.3) is 0 Å². The van der Waals surface area contributed by atoms with Crippen LogP contribution in [0.25, 0.3) is 0 Å². The summed E-state index contributed by atoms with van der Waals surface area (Å²) in [6.45, 7) is 5.74. The number of nitrogens with zero attached hydrogens (tertiary/aromatic N) is 1. The van der Waals surface area contributed by atoms with E-state index in [1.807, 2.05) is 30.3 Å². The topological polar surface area (TPSA) is 84.9 Å². The van der Waals surface area contributed by atoms with Crippen molar-refractivity contribution in [1.29, 1.82) is 0 Å². The van der Waals surface area contributed by atoms with E-state index in [1.165, 1.54) is 12.0 Å². The van der Waals surface area contributed by atoms with Gasteiger partial charge in [-0.05, 0) is 45.6 Å². The molecule has 0 spiro atoms. The first-order valence-electron chi connectivity index (χ1n) is 9.63. The van der Waals surface area contributed by atoms with Crippen LogP contribution in [0.15, 0.2) is 30.3 Å². The monoisotopic (exact) mass is 390 g/mol. The summed E-state index contributed by atoms with van der Waals surface area (Å²) in [6.07, 6.45) is 1.75. The average Bonchev–Trinajstić information content (AvgIpc) is 2.80. The van der Waals surface area contributed by atoms with Gasteiger partial charge in [-0.25, -0.2) is 9.59 Å². The van der Waals surface area contributed by atoms with Crippen molar-refractivity contribution in [3.63, 3.8) is 0 Å². The molecule has 1 aromatic carbocycles. The van der Waals surface area contributed by atoms with Crippen LogP contribution in [0.1, 0.15) is 45.6 Å². The lowest BCUT2D eigenvalue weighted by atomic mass is 10.0. The second-order valence-corrected chi connectivity index (χ2v) is 7.95. The smallest absolute Gasteiger partial charge is 0.408 e. The highest BCUT2D eigenvalue weighted by atomic mass is 16.6. The Bertz CT molecular complexity index is 684. The normalized spacial score (nSPS) is 18.8. The summed E-state index contributed by atoms with van der Waals surface area (Å²) < 4.78 is 10.2. The minimum atomic E-state index is -0.735. The lowest BCUT2D eigenvalue weighted by Crippen LogP contribution is -2.54. The Hall–Kier alpha value is -2.57. The van der Waals surface area contributed by atoms with Crippen molar-refractivity contribution >= 4 is 18.0 Å². The number of nitrogens with one attached hydrogen (secondary N) is 1. The molecule has 1 N–H and O–H groups in total. The van der Waals surface area contributed by atoms with Crippen LogP contribution in [-0.2, 0) is 25.5 Å². The van der Waals surface area contributed by atoms with Crippen molar-refractivity contribution in [1.82, 2.24) is 10.2 Å². The third kappa shape index (κ3) is 6.25. The van der Waals surface area contributed by atoms with Gasteiger partial charge in [-0.15, -0.1) is 0 Å². The summed E-state index contributed by atoms with van der Waals surface area (Å²) in [5.74, 6) is -0.746. The van der Waals surface area contributed by atoms with E-state index >= 15 is 0 Å². The fourth-order valence-electron chi connectivity index (χ4n) is 3.25. The molecule has 1 unspecified atom stereocenters. The first-order chi connectivity index (χ1) is 13.2. The van der Waals surface area contributed by atoms with E-state index in [4.69, 9.17) is 9.47 Å². The number of methoxy groups -OCH3 is 1. The fourth-order valence-corrected chi connectivity index (χ4v) is 3.25. The van der Waals surface area contributed by atoms with E-state index in [-0.39, 0.29) is 5.91 Å². The number of carbonyl (C=O) groups excluding carboxylic acids is 3. The summed E-state index contributed by atoms with van der Waals surface area (Å²) in [5.41, 5.74) is 0.283. The van der Waals surface area contributed by atoms with Crippen LogP contribution in [0.4, 0.5) is 4.79 Å². The molecule has 1 aliphatic rings. The van der Waals surface area contributed by atoms with Crippen LogP contribution in [0.2, 0.25) is 0 Å². The molecule has 2 amide bonds. The van der Waals surface area contributed by atoms with E-state index in [9.17, 15) is 14.4 Å². The number of hydrogen-bond donors (Lipinski definition) is 1. The Morgan fingerprint density at radius 2 is 1.89 bits per heavy atom. The van der Waals surface area contributed by atoms with Gasteiger partial charge in [0.05, 0.1) is 7.11 Å². The standard InChI is InChI=1S/C21H30N2O5/c1-21(2,3)28-20(26)22-16-12-8-9-13-23(18(16)24)17(19(25)27-4)14-15-10-6-5-7-11-15/h5-7,10-11,16-17H,8-9,12-14H2,1-4H3,(H,22,26)/t16-,17?/m0/s1. The molecule has 7 nitrogen and oxygen atoms in total. The number of ether oxygens (including phenoxy) is 2. The number of alkyl carbamates (subject to hydrolysis) is 1. The van der Waals surface area contributed by atoms with Gasteiger partial charge in [-0.2, -0.15) is 0 Å². The second-order valence-electron chi connectivity index (χ2n) is 7.95. The van der Waals surface area contributed by atoms with E-state index < -0.39 is 29.7 Å². The van der Waals surface area contributed by atoms with Crippen LogP contribution < -0.4 is 5.32 Å². The molecule has 0 bridgehead atoms. The van der Waals surface area contributed by atoms with Crippen LogP contribution in [0.5, 0.6) is 0 Å². The molecule has 2 atom stereocenters. The Morgan fingerprint density at radius 3 is 2.50 bits per heavy atom. The number of hydrogen-bond acceptors (Lipinski definition) is 5. The first kappa shape index (κ1) is 21.7. The molecule has 1 saturated heterocycles. The molecule has 28 heavy (non-hydrogen) atoms. The Labute approximate surface area is 166 Å². The highest BCUT2D eigenvalue weighted by Crippen LogP contribution is 2.19. The zero-order chi connectivity index (χ0) is 20.7. The van der Waals surface area contributed by atoms with Crippen LogP contribution >= 0.6 is 0 Å². The predicted molar refractivity (Wildman–Crippen MR) is 105 cm³/mol. The molecule has 1 aromatic rings. The average molecular weight is 390 g/mol. The summed E-state index contributed by atoms with van der Waals surface area (Å²) in [5, 5.41) is 2.67. The highest BCUT2D eigenvalue weighted by Gasteiger charge is 2.37. The van der Waals surface area contributed by atoms with E-state index in [0.29, 0.717) is 19.4 Å². The summed E-state index contributed by atoms with van der Waals surface area (Å²) in [4.78, 5) is 39.3. The molecule has 1 fully saturated rings. The maximum Gasteiger partial charge on any atom is 0.408 e. The number of amides is 2. The Morgan fingerprint density at radius 1 is 1.21 bits per heavy atom. The molecular weight excluding hydrogens is 360 g/mol. The SMILES string of the molecule is COC(=O)C(Cc1ccccc1)N1CCCC[C@H](NC(=O)OC(C)(C)C)C1=O. The Balaban J connectivity index is 2.18. The zero-order valence-electron chi connectivity index (χ0n) is 17.1. The van der Waals surface area contributed by atoms with Gasteiger partial charge in [0.2, 0.25) is 5.91 Å². The summed E-state index contributed by atoms with van der Waals surface area (Å²) in [7, 11) is 1.32. The highest BCUT2D eigenvalue weighted by molar-refractivity contribution is 5.90. The molecule has 154 valence electrons. The quantitative estimate of drug-likeness (QED) is 0.782. The fraction of sp³-hybridized carbons (Fsp3) is 0.571. The molecule has 2 rings (SSSR count). The van der Waals surface area contributed by atoms with Crippen molar-refractivity contribution in [3.05, 3.63) is 35.9 Å². The molecule has 0 saturated carbocycles. The van der Waals surface area contributed by atoms with E-state index in [2.05, 4.69) is 5.32 Å². The largest absolute Gasteiger partial charge is 0.467 e. The first-order valence-corrected chi connectivity index (χ1v) is 9.63. The maximum absolute atomic E-state index is 13.1. The van der Waals surface area contributed by atoms with Crippen molar-refractivity contribution in [3.8, 4) is 0 Å². The van der Waals surface area contributed by atoms with Gasteiger partial charge in [-0.1, -0.05) is 30.3 Å². The second kappa shape index (κ2) is 9.57. The van der Waals surface area contributed by atoms with Crippen LogP contribution in [0.3, 0.4) is 0 Å². The minimum Gasteiger partial charge on any atom is -0.467 e. The third-order valence-corrected chi connectivity index (χ3v) is 4.54. The van der Waals surface area contributed by atoms with Gasteiger partial charge in [0, 0.05) is 13.0 Å². The summed E-state index contributed by atoms with van der Waals surface area (Å²) in [6, 6.07) is 8.04. The zero-order valence-corrected chi connectivity index (χ0v) is 17.1. The molecule has 0 aromatic heterocycles. The van der Waals surface area contributed by atoms with Gasteiger partial charge in [-0.3, -0.25) is 4.79 Å². The van der Waals surface area contributed by atoms with E-state index in [0.717, 1.165) is 18.4 Å². The minimum absolute atomic E-state index is 0.283. The number of carbonyl (C=O) groups is 3. The lowest BCUT2D eigenvalue weighted by Gasteiger charge is -2.31. The third-order valence-electron chi connectivity index (χ3n) is 4.54. The van der Waals surface area contributed by atoms with Gasteiger partial charge in [0.15, 0.2) is 0 Å². The van der Waals surface area contributed by atoms with Gasteiger partial charge in [0.1, 0.15) is 17.7 Å². The van der Waals surface area contributed by atoms with Crippen molar-refractivity contribution < 1.29 is 23.9 Å². The molecule has 7 heteroatoms. The molecule has 1 heterocycles. The number of esters is 1. The lowest BCUT2D eigenvalue weighted by molar-refractivity contribution is -0.153. The van der Waals surface area contributed by atoms with Crippen molar-refractivity contribution in [2.45, 2.75) is 64.1 Å². The Kier molecular flexibility index (Phi) is 7.43. The number of likely N-dealkylation sites (tertiary alicyclic amines) is 1. The molecule has 1 aliphatic heterocycles. The van der Waals surface area contributed by atoms with Gasteiger partial charge < -0.3 is 19.7 Å². The van der Waals surface area contributed by atoms with E-state index in [1.54, 1.807) is 20.8 Å². The number of benzene rings is 1. The van der Waals surface area contributed by atoms with Crippen molar-refractivity contribution in [2.75, 3.05) is 13.7 Å².